The van der Waals surface area contributed by atoms with E-state index in [1.54, 1.807) is 12.2 Å². The monoisotopic (exact) mass is 905 g/mol. The molecule has 1 aliphatic heterocycles. The van der Waals surface area contributed by atoms with E-state index in [-0.39, 0.29) is 38.4 Å². The molecule has 1 rings (SSSR count). The largest absolute Gasteiger partial charge is 0.472 e. The highest BCUT2D eigenvalue weighted by atomic mass is 31.2. The van der Waals surface area contributed by atoms with E-state index in [2.05, 4.69) is 13.8 Å². The SMILES string of the molecule is CCCCCCCCCCCCCCCCCCCC(=O)OC[C@H](COP(=O)(O)OCC[N+](C)(C)C)OC(=O)CCC/C=C\C[C@H]1[C@@H](O)CC(O)O[C@@H]1/C=C/[C@@H](O)CCCCC. The lowest BCUT2D eigenvalue weighted by Gasteiger charge is -2.36. The zero-order valence-electron chi connectivity index (χ0n) is 39.6. The molecule has 14 heteroatoms. The number of carbonyl (C=O) groups excluding carboxylic acids is 2. The second kappa shape index (κ2) is 36.5. The summed E-state index contributed by atoms with van der Waals surface area (Å²) in [4.78, 5) is 35.7. The van der Waals surface area contributed by atoms with Crippen molar-refractivity contribution in [2.45, 2.75) is 218 Å². The predicted molar refractivity (Wildman–Crippen MR) is 246 cm³/mol. The van der Waals surface area contributed by atoms with Gasteiger partial charge in [0.05, 0.1) is 46.1 Å². The van der Waals surface area contributed by atoms with Crippen molar-refractivity contribution < 1.29 is 62.1 Å². The van der Waals surface area contributed by atoms with Crippen molar-refractivity contribution in [1.29, 1.82) is 0 Å². The summed E-state index contributed by atoms with van der Waals surface area (Å²) in [6, 6.07) is 0. The minimum Gasteiger partial charge on any atom is -0.462 e. The number of phosphoric acid groups is 1. The molecule has 1 saturated heterocycles. The molecule has 0 amide bonds. The fourth-order valence-electron chi connectivity index (χ4n) is 7.35. The van der Waals surface area contributed by atoms with Crippen LogP contribution in [-0.2, 0) is 37.4 Å². The lowest BCUT2D eigenvalue weighted by atomic mass is 9.87. The number of ether oxygens (including phenoxy) is 3. The molecule has 4 N–H and O–H groups in total. The van der Waals surface area contributed by atoms with Gasteiger partial charge in [0.1, 0.15) is 19.8 Å². The maximum atomic E-state index is 12.8. The van der Waals surface area contributed by atoms with Gasteiger partial charge in [0.15, 0.2) is 12.4 Å². The fourth-order valence-corrected chi connectivity index (χ4v) is 8.09. The number of quaternary nitrogens is 1. The smallest absolute Gasteiger partial charge is 0.462 e. The van der Waals surface area contributed by atoms with E-state index in [1.807, 2.05) is 33.3 Å². The summed E-state index contributed by atoms with van der Waals surface area (Å²) in [5, 5.41) is 31.1. The molecule has 364 valence electrons. The third kappa shape index (κ3) is 33.8. The number of rotatable bonds is 40. The molecule has 0 bridgehead atoms. The Hall–Kier alpha value is -1.67. The van der Waals surface area contributed by atoms with Crippen LogP contribution in [0, 0.1) is 5.92 Å². The van der Waals surface area contributed by atoms with Crippen molar-refractivity contribution in [3.63, 3.8) is 0 Å². The Morgan fingerprint density at radius 2 is 1.29 bits per heavy atom. The fraction of sp³-hybridized carbons (Fsp3) is 0.875. The number of hydrogen-bond donors (Lipinski definition) is 4. The van der Waals surface area contributed by atoms with Crippen LogP contribution in [0.5, 0.6) is 0 Å². The van der Waals surface area contributed by atoms with Crippen LogP contribution in [0.3, 0.4) is 0 Å². The number of aliphatic hydroxyl groups is 3. The summed E-state index contributed by atoms with van der Waals surface area (Å²) in [5.41, 5.74) is 0. The Labute approximate surface area is 376 Å². The molecule has 0 aromatic carbocycles. The molecule has 0 aromatic heterocycles. The number of aliphatic hydroxyl groups excluding tert-OH is 3. The van der Waals surface area contributed by atoms with E-state index in [9.17, 15) is 34.4 Å². The van der Waals surface area contributed by atoms with Crippen LogP contribution in [0.1, 0.15) is 187 Å². The van der Waals surface area contributed by atoms with Crippen LogP contribution in [0.4, 0.5) is 0 Å². The second-order valence-corrected chi connectivity index (χ2v) is 19.8. The Morgan fingerprint density at radius 1 is 0.742 bits per heavy atom. The highest BCUT2D eigenvalue weighted by Gasteiger charge is 2.35. The summed E-state index contributed by atoms with van der Waals surface area (Å²) >= 11 is 0. The maximum absolute atomic E-state index is 12.8. The van der Waals surface area contributed by atoms with E-state index in [0.717, 1.165) is 38.5 Å². The average molecular weight is 905 g/mol. The maximum Gasteiger partial charge on any atom is 0.472 e. The molecule has 13 nitrogen and oxygen atoms in total. The van der Waals surface area contributed by atoms with Gasteiger partial charge in [-0.2, -0.15) is 0 Å². The Kier molecular flexibility index (Phi) is 34.4. The van der Waals surface area contributed by atoms with Gasteiger partial charge in [0, 0.05) is 25.2 Å². The lowest BCUT2D eigenvalue weighted by molar-refractivity contribution is -0.870. The first-order valence-electron chi connectivity index (χ1n) is 24.5. The predicted octanol–water partition coefficient (Wildman–Crippen LogP) is 10.0. The summed E-state index contributed by atoms with van der Waals surface area (Å²) < 4.78 is 40.0. The molecule has 1 aliphatic rings. The normalized spacial score (nSPS) is 20.4. The molecule has 1 heterocycles. The molecule has 0 saturated carbocycles. The van der Waals surface area contributed by atoms with E-state index in [4.69, 9.17) is 23.3 Å². The molecular formula is C48H91NO12P+. The van der Waals surface area contributed by atoms with E-state index >= 15 is 0 Å². The highest BCUT2D eigenvalue weighted by molar-refractivity contribution is 7.47. The topological polar surface area (TPSA) is 178 Å². The molecule has 0 spiro atoms. The Balaban J connectivity index is 2.48. The van der Waals surface area contributed by atoms with Gasteiger partial charge < -0.3 is 38.9 Å². The zero-order valence-corrected chi connectivity index (χ0v) is 40.5. The first kappa shape index (κ1) is 58.3. The van der Waals surface area contributed by atoms with Crippen molar-refractivity contribution >= 4 is 19.8 Å². The van der Waals surface area contributed by atoms with Crippen LogP contribution in [0.25, 0.3) is 0 Å². The third-order valence-corrected chi connectivity index (χ3v) is 12.3. The van der Waals surface area contributed by atoms with Crippen LogP contribution in [0.15, 0.2) is 24.3 Å². The van der Waals surface area contributed by atoms with Crippen molar-refractivity contribution in [3.05, 3.63) is 24.3 Å². The van der Waals surface area contributed by atoms with E-state index in [0.29, 0.717) is 43.1 Å². The molecule has 0 aromatic rings. The van der Waals surface area contributed by atoms with Crippen molar-refractivity contribution in [3.8, 4) is 0 Å². The van der Waals surface area contributed by atoms with Crippen molar-refractivity contribution in [1.82, 2.24) is 0 Å². The van der Waals surface area contributed by atoms with Gasteiger partial charge in [-0.25, -0.2) is 4.57 Å². The van der Waals surface area contributed by atoms with Crippen molar-refractivity contribution in [2.75, 3.05) is 47.5 Å². The van der Waals surface area contributed by atoms with Gasteiger partial charge in [-0.15, -0.1) is 0 Å². The molecule has 1 fully saturated rings. The average Bonchev–Trinajstić information content (AvgIpc) is 3.20. The summed E-state index contributed by atoms with van der Waals surface area (Å²) in [6.07, 6.45) is 29.8. The summed E-state index contributed by atoms with van der Waals surface area (Å²) in [5.74, 6) is -1.30. The number of allylic oxidation sites excluding steroid dienone is 2. The number of phosphoric ester groups is 1. The molecule has 0 radical (unpaired) electrons. The minimum atomic E-state index is -4.45. The first-order valence-corrected chi connectivity index (χ1v) is 26.0. The van der Waals surface area contributed by atoms with Crippen LogP contribution >= 0.6 is 7.82 Å². The van der Waals surface area contributed by atoms with Gasteiger partial charge in [-0.1, -0.05) is 160 Å². The van der Waals surface area contributed by atoms with Gasteiger partial charge in [-0.3, -0.25) is 18.6 Å². The molecule has 2 unspecified atom stereocenters. The Morgan fingerprint density at radius 3 is 1.87 bits per heavy atom. The van der Waals surface area contributed by atoms with E-state index in [1.165, 1.54) is 83.5 Å². The number of nitrogens with zero attached hydrogens (tertiary/aromatic N) is 1. The lowest BCUT2D eigenvalue weighted by Crippen LogP contribution is -2.43. The summed E-state index contributed by atoms with van der Waals surface area (Å²) in [6.45, 7) is 4.02. The molecular weight excluding hydrogens is 813 g/mol. The number of esters is 2. The summed E-state index contributed by atoms with van der Waals surface area (Å²) in [7, 11) is 1.32. The van der Waals surface area contributed by atoms with Gasteiger partial charge in [0.25, 0.3) is 0 Å². The standard InChI is InChI=1S/C48H90NO12P/c1-6-8-10-11-12-13-14-15-16-17-18-19-20-21-22-23-28-32-46(52)57-39-42(40-59-62(55,56)58-37-36-49(3,4)5)60-47(53)33-29-25-24-27-31-43-44(51)38-48(54)61-45(43)35-34-41(50)30-26-9-7-2/h24,27,34-35,41-45,48,50-51,54H,6-23,25-26,28-33,36-40H2,1-5H3/p+1/b27-24-,35-34+/t41-,42+,43-,44-,45+,48?/m0/s1. The Bertz CT molecular complexity index is 1230. The number of hydrogen-bond acceptors (Lipinski definition) is 11. The van der Waals surface area contributed by atoms with Crippen molar-refractivity contribution in [2.24, 2.45) is 5.92 Å². The van der Waals surface area contributed by atoms with Gasteiger partial charge in [0.2, 0.25) is 0 Å². The van der Waals surface area contributed by atoms with Crippen LogP contribution in [0.2, 0.25) is 0 Å². The quantitative estimate of drug-likeness (QED) is 0.0151. The molecule has 0 aliphatic carbocycles. The minimum absolute atomic E-state index is 0.0160. The van der Waals surface area contributed by atoms with E-state index < -0.39 is 57.1 Å². The number of likely N-dealkylation sites (N-methyl/N-ethyl adjacent to an activating group) is 1. The molecule has 7 atom stereocenters. The highest BCUT2D eigenvalue weighted by Crippen LogP contribution is 2.43. The number of carbonyl (C=O) groups is 2. The van der Waals surface area contributed by atoms with Gasteiger partial charge >= 0.3 is 19.8 Å². The van der Waals surface area contributed by atoms with Gasteiger partial charge in [-0.05, 0) is 32.1 Å². The van der Waals surface area contributed by atoms with Crippen LogP contribution < -0.4 is 0 Å². The molecule has 62 heavy (non-hydrogen) atoms. The third-order valence-electron chi connectivity index (χ3n) is 11.3. The number of unbranched alkanes of at least 4 members (excludes halogenated alkanes) is 19. The first-order chi connectivity index (χ1) is 29.7. The van der Waals surface area contributed by atoms with Crippen LogP contribution in [-0.4, -0.2) is 115 Å². The zero-order chi connectivity index (χ0) is 45.9. The second-order valence-electron chi connectivity index (χ2n) is 18.4.